The van der Waals surface area contributed by atoms with Crippen LogP contribution in [0.2, 0.25) is 0 Å². The molecule has 2 heterocycles. The zero-order valence-electron chi connectivity index (χ0n) is 8.40. The molecule has 0 N–H and O–H groups in total. The van der Waals surface area contributed by atoms with E-state index in [9.17, 15) is 0 Å². The molecule has 0 aliphatic rings. The fourth-order valence-corrected chi connectivity index (χ4v) is 3.89. The highest BCUT2D eigenvalue weighted by atomic mass is 35.5. The first-order chi connectivity index (χ1) is 7.66. The summed E-state index contributed by atoms with van der Waals surface area (Å²) in [5, 5.41) is 2.08. The molecule has 0 nitrogen and oxygen atoms in total. The van der Waals surface area contributed by atoms with E-state index in [4.69, 9.17) is 11.6 Å². The molecule has 0 saturated carbocycles. The van der Waals surface area contributed by atoms with Crippen molar-refractivity contribution in [3.05, 3.63) is 52.0 Å². The van der Waals surface area contributed by atoms with Crippen LogP contribution in [-0.4, -0.2) is 0 Å². The van der Waals surface area contributed by atoms with Gasteiger partial charge in [0.05, 0.1) is 4.36 Å². The molecular formula is C12H9ClS3. The normalized spacial score (nSPS) is 10.3. The summed E-state index contributed by atoms with van der Waals surface area (Å²) < 4.78 is 0.552. The van der Waals surface area contributed by atoms with Crippen molar-refractivity contribution in [2.75, 3.05) is 0 Å². The molecule has 0 aliphatic heterocycles. The number of hydrogen-bond acceptors (Lipinski definition) is 3. The minimum Gasteiger partial charge on any atom is -0.143 e. The van der Waals surface area contributed by atoms with Crippen LogP contribution in [0.5, 0.6) is 0 Å². The monoisotopic (exact) mass is 284 g/mol. The minimum absolute atomic E-state index is 0.552. The van der Waals surface area contributed by atoms with Gasteiger partial charge >= 0.3 is 0 Å². The van der Waals surface area contributed by atoms with Crippen LogP contribution in [0.3, 0.4) is 0 Å². The van der Waals surface area contributed by atoms with Gasteiger partial charge in [-0.1, -0.05) is 42.6 Å². The molecule has 0 bridgehead atoms. The average Bonchev–Trinajstić information content (AvgIpc) is 2.87. The van der Waals surface area contributed by atoms with Gasteiger partial charge in [0.2, 0.25) is 0 Å². The molecule has 82 valence electrons. The second kappa shape index (κ2) is 5.23. The molecule has 2 aromatic rings. The van der Waals surface area contributed by atoms with E-state index in [-0.39, 0.29) is 0 Å². The first-order valence-electron chi connectivity index (χ1n) is 4.52. The molecular weight excluding hydrogens is 276 g/mol. The van der Waals surface area contributed by atoms with Crippen molar-refractivity contribution in [1.29, 1.82) is 0 Å². The summed E-state index contributed by atoms with van der Waals surface area (Å²) in [6.07, 6.45) is 0. The van der Waals surface area contributed by atoms with E-state index in [1.807, 2.05) is 0 Å². The highest BCUT2D eigenvalue weighted by Crippen LogP contribution is 2.40. The van der Waals surface area contributed by atoms with E-state index in [2.05, 4.69) is 42.8 Å². The van der Waals surface area contributed by atoms with Crippen molar-refractivity contribution >= 4 is 50.9 Å². The Hall–Kier alpha value is -0.480. The van der Waals surface area contributed by atoms with Crippen LogP contribution >= 0.6 is 46.0 Å². The van der Waals surface area contributed by atoms with Crippen molar-refractivity contribution < 1.29 is 0 Å². The molecule has 16 heavy (non-hydrogen) atoms. The van der Waals surface area contributed by atoms with Crippen molar-refractivity contribution in [3.8, 4) is 9.75 Å². The molecule has 0 radical (unpaired) electrons. The third kappa shape index (κ3) is 2.80. The Morgan fingerprint density at radius 2 is 2.00 bits per heavy atom. The van der Waals surface area contributed by atoms with E-state index < -0.39 is 0 Å². The van der Waals surface area contributed by atoms with Gasteiger partial charge in [-0.3, -0.25) is 0 Å². The Morgan fingerprint density at radius 3 is 2.62 bits per heavy atom. The quantitative estimate of drug-likeness (QED) is 0.674. The Labute approximate surface area is 112 Å². The summed E-state index contributed by atoms with van der Waals surface area (Å²) in [5.41, 5.74) is 0. The van der Waals surface area contributed by atoms with Gasteiger partial charge in [0.25, 0.3) is 0 Å². The summed E-state index contributed by atoms with van der Waals surface area (Å²) in [6.45, 7) is 7.64. The molecule has 0 atom stereocenters. The molecule has 2 rings (SSSR count). The lowest BCUT2D eigenvalue weighted by Crippen LogP contribution is -1.67. The van der Waals surface area contributed by atoms with Gasteiger partial charge in [-0.15, -0.1) is 22.7 Å². The smallest absolute Gasteiger partial charge is 0.0710 e. The number of halogens is 1. The topological polar surface area (TPSA) is 0 Å². The molecule has 0 saturated heterocycles. The molecule has 0 unspecified atom stereocenters. The number of rotatable bonds is 4. The van der Waals surface area contributed by atoms with Gasteiger partial charge in [0.1, 0.15) is 0 Å². The summed E-state index contributed by atoms with van der Waals surface area (Å²) >= 11 is 10.6. The lowest BCUT2D eigenvalue weighted by atomic mass is 10.4. The summed E-state index contributed by atoms with van der Waals surface area (Å²) in [4.78, 5) is 4.66. The van der Waals surface area contributed by atoms with Gasteiger partial charge in [-0.2, -0.15) is 0 Å². The molecule has 0 spiro atoms. The van der Waals surface area contributed by atoms with Gasteiger partial charge in [-0.05, 0) is 23.6 Å². The maximum absolute atomic E-state index is 5.74. The molecule has 2 aromatic heterocycles. The standard InChI is InChI=1S/C12H9ClS3/c1-8(15-9(2)13)10-5-6-12(16-10)11-4-3-7-14-11/h3-7H,1-2H2. The maximum atomic E-state index is 5.74. The molecule has 4 heteroatoms. The first kappa shape index (κ1) is 12.0. The van der Waals surface area contributed by atoms with E-state index in [0.717, 1.165) is 9.78 Å². The number of thioether (sulfide) groups is 1. The fraction of sp³-hybridized carbons (Fsp3) is 0. The zero-order chi connectivity index (χ0) is 11.5. The summed E-state index contributed by atoms with van der Waals surface area (Å²) in [5.74, 6) is 0. The lowest BCUT2D eigenvalue weighted by molar-refractivity contribution is 1.91. The van der Waals surface area contributed by atoms with Crippen LogP contribution < -0.4 is 0 Å². The Morgan fingerprint density at radius 1 is 1.19 bits per heavy atom. The molecule has 0 aliphatic carbocycles. The Balaban J connectivity index is 2.20. The van der Waals surface area contributed by atoms with Crippen LogP contribution in [0, 0.1) is 0 Å². The van der Waals surface area contributed by atoms with Gasteiger partial charge in [-0.25, -0.2) is 0 Å². The van der Waals surface area contributed by atoms with Gasteiger partial charge in [0, 0.05) is 19.5 Å². The van der Waals surface area contributed by atoms with Crippen LogP contribution in [0.15, 0.2) is 47.2 Å². The van der Waals surface area contributed by atoms with Crippen molar-refractivity contribution in [3.63, 3.8) is 0 Å². The van der Waals surface area contributed by atoms with E-state index in [0.29, 0.717) is 4.36 Å². The van der Waals surface area contributed by atoms with Crippen molar-refractivity contribution in [1.82, 2.24) is 0 Å². The summed E-state index contributed by atoms with van der Waals surface area (Å²) in [6, 6.07) is 8.38. The predicted octanol–water partition coefficient (Wildman–Crippen LogP) is 5.89. The van der Waals surface area contributed by atoms with Crippen LogP contribution in [0.4, 0.5) is 0 Å². The van der Waals surface area contributed by atoms with E-state index in [1.165, 1.54) is 21.5 Å². The van der Waals surface area contributed by atoms with Crippen molar-refractivity contribution in [2.24, 2.45) is 0 Å². The fourth-order valence-electron chi connectivity index (χ4n) is 1.22. The highest BCUT2D eigenvalue weighted by Gasteiger charge is 2.07. The third-order valence-corrected chi connectivity index (χ3v) is 5.14. The molecule has 0 amide bonds. The van der Waals surface area contributed by atoms with E-state index in [1.54, 1.807) is 22.7 Å². The SMILES string of the molecule is C=C(Cl)SC(=C)c1ccc(-c2cccs2)s1. The highest BCUT2D eigenvalue weighted by molar-refractivity contribution is 8.13. The first-order valence-corrected chi connectivity index (χ1v) is 7.41. The molecule has 0 fully saturated rings. The Bertz CT molecular complexity index is 508. The average molecular weight is 285 g/mol. The van der Waals surface area contributed by atoms with Crippen LogP contribution in [-0.2, 0) is 0 Å². The largest absolute Gasteiger partial charge is 0.143 e. The minimum atomic E-state index is 0.552. The number of thiophene rings is 2. The lowest BCUT2D eigenvalue weighted by Gasteiger charge is -1.98. The second-order valence-electron chi connectivity index (χ2n) is 3.02. The van der Waals surface area contributed by atoms with Gasteiger partial charge < -0.3 is 0 Å². The molecule has 0 aromatic carbocycles. The maximum Gasteiger partial charge on any atom is 0.0710 e. The zero-order valence-corrected chi connectivity index (χ0v) is 11.6. The van der Waals surface area contributed by atoms with Crippen LogP contribution in [0.25, 0.3) is 14.7 Å². The van der Waals surface area contributed by atoms with E-state index >= 15 is 0 Å². The van der Waals surface area contributed by atoms with Gasteiger partial charge in [0.15, 0.2) is 0 Å². The Kier molecular flexibility index (Phi) is 3.92. The second-order valence-corrected chi connectivity index (χ2v) is 6.92. The predicted molar refractivity (Wildman–Crippen MR) is 79.3 cm³/mol. The number of hydrogen-bond donors (Lipinski definition) is 0. The summed E-state index contributed by atoms with van der Waals surface area (Å²) in [7, 11) is 0. The van der Waals surface area contributed by atoms with Crippen molar-refractivity contribution in [2.45, 2.75) is 0 Å². The van der Waals surface area contributed by atoms with Crippen LogP contribution in [0.1, 0.15) is 4.88 Å². The third-order valence-electron chi connectivity index (χ3n) is 1.88.